The molecule has 2 aromatic rings. The number of hydrogen-bond donors (Lipinski definition) is 1. The average molecular weight is 507 g/mol. The Morgan fingerprint density at radius 1 is 1.27 bits per heavy atom. The van der Waals surface area contributed by atoms with Gasteiger partial charge in [0.15, 0.2) is 6.61 Å². The molecule has 0 unspecified atom stereocenters. The van der Waals surface area contributed by atoms with E-state index >= 15 is 0 Å². The van der Waals surface area contributed by atoms with Gasteiger partial charge in [-0.3, -0.25) is 19.3 Å². The van der Waals surface area contributed by atoms with Crippen molar-refractivity contribution in [2.45, 2.75) is 0 Å². The fourth-order valence-electron chi connectivity index (χ4n) is 2.48. The van der Waals surface area contributed by atoms with E-state index in [4.69, 9.17) is 21.6 Å². The normalized spacial score (nSPS) is 14.7. The molecule has 1 N–H and O–H groups in total. The first kappa shape index (κ1) is 21.9. The molecule has 0 bridgehead atoms. The van der Waals surface area contributed by atoms with Crippen LogP contribution < -0.4 is 10.1 Å². The third-order valence-electron chi connectivity index (χ3n) is 3.86. The minimum absolute atomic E-state index is 0.0627. The highest BCUT2D eigenvalue weighted by Crippen LogP contribution is 2.32. The summed E-state index contributed by atoms with van der Waals surface area (Å²) in [6.07, 6.45) is 1.56. The van der Waals surface area contributed by atoms with Crippen molar-refractivity contribution in [1.29, 1.82) is 5.26 Å². The summed E-state index contributed by atoms with van der Waals surface area (Å²) in [4.78, 5) is 38.1. The van der Waals surface area contributed by atoms with E-state index in [9.17, 15) is 14.4 Å². The topological polar surface area (TPSA) is 99.5 Å². The summed E-state index contributed by atoms with van der Waals surface area (Å²) >= 11 is 10.0. The number of ether oxygens (including phenoxy) is 1. The summed E-state index contributed by atoms with van der Waals surface area (Å²) in [5.41, 5.74) is 1.13. The highest BCUT2D eigenvalue weighted by molar-refractivity contribution is 9.10. The SMILES string of the molecule is N#CCOc1ccc(/C=C2\SC(=O)N(CC(=O)Nc3ccc(Br)c(Cl)c3)C2=O)cc1. The van der Waals surface area contributed by atoms with Gasteiger partial charge in [-0.25, -0.2) is 0 Å². The number of carbonyl (C=O) groups excluding carboxylic acids is 3. The van der Waals surface area contributed by atoms with E-state index in [1.807, 2.05) is 6.07 Å². The highest BCUT2D eigenvalue weighted by atomic mass is 79.9. The second kappa shape index (κ2) is 9.80. The van der Waals surface area contributed by atoms with E-state index in [1.165, 1.54) is 0 Å². The fraction of sp³-hybridized carbons (Fsp3) is 0.100. The molecule has 2 aromatic carbocycles. The number of imide groups is 1. The number of thioether (sulfide) groups is 1. The summed E-state index contributed by atoms with van der Waals surface area (Å²) in [6, 6.07) is 13.5. The molecule has 0 saturated carbocycles. The molecule has 30 heavy (non-hydrogen) atoms. The summed E-state index contributed by atoms with van der Waals surface area (Å²) in [7, 11) is 0. The lowest BCUT2D eigenvalue weighted by Crippen LogP contribution is -2.36. The minimum atomic E-state index is -0.543. The van der Waals surface area contributed by atoms with Crippen LogP contribution in [0.5, 0.6) is 5.75 Å². The first-order valence-corrected chi connectivity index (χ1v) is 10.5. The third kappa shape index (κ3) is 5.42. The molecule has 1 aliphatic rings. The van der Waals surface area contributed by atoms with Crippen molar-refractivity contribution in [2.24, 2.45) is 0 Å². The van der Waals surface area contributed by atoms with Crippen molar-refractivity contribution >= 4 is 68.1 Å². The fourth-order valence-corrected chi connectivity index (χ4v) is 3.75. The molecule has 0 aromatic heterocycles. The predicted octanol–water partition coefficient (Wildman–Crippen LogP) is 4.68. The van der Waals surface area contributed by atoms with Crippen LogP contribution in [0.15, 0.2) is 51.8 Å². The third-order valence-corrected chi connectivity index (χ3v) is 6.00. The lowest BCUT2D eigenvalue weighted by molar-refractivity contribution is -0.127. The van der Waals surface area contributed by atoms with Gasteiger partial charge in [0.2, 0.25) is 5.91 Å². The molecular formula is C20H13BrClN3O4S. The Balaban J connectivity index is 1.65. The minimum Gasteiger partial charge on any atom is -0.479 e. The van der Waals surface area contributed by atoms with Crippen molar-refractivity contribution in [3.05, 3.63) is 62.4 Å². The maximum atomic E-state index is 12.6. The van der Waals surface area contributed by atoms with Gasteiger partial charge in [-0.05, 0) is 69.7 Å². The molecule has 10 heteroatoms. The molecule has 0 atom stereocenters. The van der Waals surface area contributed by atoms with Gasteiger partial charge in [0.25, 0.3) is 11.1 Å². The average Bonchev–Trinajstić information content (AvgIpc) is 2.97. The molecular weight excluding hydrogens is 494 g/mol. The summed E-state index contributed by atoms with van der Waals surface area (Å²) in [5.74, 6) is -0.541. The number of amides is 3. The van der Waals surface area contributed by atoms with E-state index in [0.717, 1.165) is 16.7 Å². The zero-order valence-corrected chi connectivity index (χ0v) is 18.4. The van der Waals surface area contributed by atoms with Crippen LogP contribution >= 0.6 is 39.3 Å². The van der Waals surface area contributed by atoms with Gasteiger partial charge >= 0.3 is 0 Å². The van der Waals surface area contributed by atoms with Crippen LogP contribution in [-0.4, -0.2) is 35.1 Å². The molecule has 7 nitrogen and oxygen atoms in total. The second-order valence-corrected chi connectivity index (χ2v) is 8.22. The number of nitrogens with one attached hydrogen (secondary N) is 1. The van der Waals surface area contributed by atoms with Crippen molar-refractivity contribution < 1.29 is 19.1 Å². The molecule has 0 aliphatic carbocycles. The maximum Gasteiger partial charge on any atom is 0.294 e. The zero-order valence-electron chi connectivity index (χ0n) is 15.2. The van der Waals surface area contributed by atoms with E-state index < -0.39 is 23.6 Å². The lowest BCUT2D eigenvalue weighted by atomic mass is 10.2. The first-order chi connectivity index (χ1) is 14.4. The Kier molecular flexibility index (Phi) is 7.15. The predicted molar refractivity (Wildman–Crippen MR) is 118 cm³/mol. The Hall–Kier alpha value is -2.80. The monoisotopic (exact) mass is 505 g/mol. The van der Waals surface area contributed by atoms with Crippen LogP contribution in [0, 0.1) is 11.3 Å². The molecule has 1 aliphatic heterocycles. The smallest absolute Gasteiger partial charge is 0.294 e. The van der Waals surface area contributed by atoms with Crippen molar-refractivity contribution in [3.8, 4) is 11.8 Å². The van der Waals surface area contributed by atoms with E-state index in [2.05, 4.69) is 21.2 Å². The maximum absolute atomic E-state index is 12.6. The Bertz CT molecular complexity index is 1080. The van der Waals surface area contributed by atoms with Crippen molar-refractivity contribution in [2.75, 3.05) is 18.5 Å². The van der Waals surface area contributed by atoms with Gasteiger partial charge in [-0.15, -0.1) is 0 Å². The van der Waals surface area contributed by atoms with Crippen molar-refractivity contribution in [3.63, 3.8) is 0 Å². The Labute approximate surface area is 189 Å². The summed E-state index contributed by atoms with van der Waals surface area (Å²) in [5, 5.41) is 11.0. The standard InChI is InChI=1S/C20H13BrClN3O4S/c21-15-6-3-13(10-16(15)22)24-18(26)11-25-19(27)17(30-20(25)28)9-12-1-4-14(5-2-12)29-8-7-23/h1-6,9-10H,8,11H2,(H,24,26)/b17-9-. The van der Waals surface area contributed by atoms with Gasteiger partial charge in [0, 0.05) is 10.2 Å². The zero-order chi connectivity index (χ0) is 21.7. The largest absolute Gasteiger partial charge is 0.479 e. The van der Waals surface area contributed by atoms with E-state index in [0.29, 0.717) is 26.5 Å². The summed E-state index contributed by atoms with van der Waals surface area (Å²) in [6.45, 7) is -0.469. The van der Waals surface area contributed by atoms with Crippen molar-refractivity contribution in [1.82, 2.24) is 4.90 Å². The number of anilines is 1. The first-order valence-electron chi connectivity index (χ1n) is 8.47. The number of halogens is 2. The molecule has 0 spiro atoms. The van der Waals surface area contributed by atoms with Crippen LogP contribution in [-0.2, 0) is 9.59 Å². The molecule has 1 saturated heterocycles. The number of nitrogens with zero attached hydrogens (tertiary/aromatic N) is 2. The molecule has 152 valence electrons. The molecule has 3 amide bonds. The van der Waals surface area contributed by atoms with Gasteiger partial charge in [0.05, 0.1) is 9.93 Å². The van der Waals surface area contributed by atoms with Crippen LogP contribution in [0.1, 0.15) is 5.56 Å². The lowest BCUT2D eigenvalue weighted by Gasteiger charge is -2.12. The Morgan fingerprint density at radius 2 is 2.00 bits per heavy atom. The molecule has 0 radical (unpaired) electrons. The van der Waals surface area contributed by atoms with Gasteiger partial charge in [-0.1, -0.05) is 23.7 Å². The van der Waals surface area contributed by atoms with Crippen LogP contribution in [0.3, 0.4) is 0 Å². The Morgan fingerprint density at radius 3 is 2.67 bits per heavy atom. The number of rotatable bonds is 6. The van der Waals surface area contributed by atoms with Gasteiger partial charge in [0.1, 0.15) is 18.4 Å². The van der Waals surface area contributed by atoms with Gasteiger partial charge in [-0.2, -0.15) is 5.26 Å². The molecule has 3 rings (SSSR count). The quantitative estimate of drug-likeness (QED) is 0.571. The van der Waals surface area contributed by atoms with Gasteiger partial charge < -0.3 is 10.1 Å². The number of nitriles is 1. The summed E-state index contributed by atoms with van der Waals surface area (Å²) < 4.78 is 5.85. The van der Waals surface area contributed by atoms with Crippen LogP contribution in [0.2, 0.25) is 5.02 Å². The van der Waals surface area contributed by atoms with E-state index in [-0.39, 0.29) is 11.5 Å². The number of benzene rings is 2. The molecule has 1 heterocycles. The highest BCUT2D eigenvalue weighted by Gasteiger charge is 2.36. The van der Waals surface area contributed by atoms with E-state index in [1.54, 1.807) is 48.5 Å². The number of hydrogen-bond acceptors (Lipinski definition) is 6. The van der Waals surface area contributed by atoms with Crippen LogP contribution in [0.4, 0.5) is 10.5 Å². The second-order valence-electron chi connectivity index (χ2n) is 5.96. The molecule has 1 fully saturated rings. The number of carbonyl (C=O) groups is 3. The van der Waals surface area contributed by atoms with Crippen LogP contribution in [0.25, 0.3) is 6.08 Å².